The minimum absolute atomic E-state index is 0.173. The maximum atomic E-state index is 12.6. The third-order valence-corrected chi connectivity index (χ3v) is 4.67. The van der Waals surface area contributed by atoms with Gasteiger partial charge in [0.2, 0.25) is 0 Å². The van der Waals surface area contributed by atoms with Crippen LogP contribution in [-0.4, -0.2) is 17.2 Å². The standard InChI is InChI=1S/C14H12N2O2S/c1-16-11-8-9(15)6-7-13(11)19(18)12-5-3-2-4-10(12)14(16)17/h2-8H,15H2,1H3. The zero-order valence-corrected chi connectivity index (χ0v) is 11.1. The van der Waals surface area contributed by atoms with E-state index < -0.39 is 10.8 Å². The highest BCUT2D eigenvalue weighted by Gasteiger charge is 2.28. The minimum Gasteiger partial charge on any atom is -0.399 e. The smallest absolute Gasteiger partial charge is 0.259 e. The Labute approximate surface area is 113 Å². The van der Waals surface area contributed by atoms with Gasteiger partial charge in [-0.15, -0.1) is 0 Å². The van der Waals surface area contributed by atoms with Crippen LogP contribution in [0.1, 0.15) is 10.4 Å². The van der Waals surface area contributed by atoms with Crippen molar-refractivity contribution in [1.29, 1.82) is 0 Å². The molecule has 0 radical (unpaired) electrons. The lowest BCUT2D eigenvalue weighted by Crippen LogP contribution is -2.26. The highest BCUT2D eigenvalue weighted by Crippen LogP contribution is 2.34. The first-order valence-corrected chi connectivity index (χ1v) is 6.93. The number of carbonyl (C=O) groups is 1. The molecule has 1 atom stereocenters. The van der Waals surface area contributed by atoms with Gasteiger partial charge in [0.05, 0.1) is 31.8 Å². The van der Waals surface area contributed by atoms with Gasteiger partial charge >= 0.3 is 0 Å². The lowest BCUT2D eigenvalue weighted by atomic mass is 10.2. The number of fused-ring (bicyclic) bond motifs is 2. The predicted molar refractivity (Wildman–Crippen MR) is 74.7 cm³/mol. The molecule has 0 saturated carbocycles. The first-order valence-electron chi connectivity index (χ1n) is 5.78. The normalized spacial score (nSPS) is 17.6. The van der Waals surface area contributed by atoms with E-state index in [0.29, 0.717) is 26.7 Å². The van der Waals surface area contributed by atoms with E-state index in [1.165, 1.54) is 4.90 Å². The maximum Gasteiger partial charge on any atom is 0.259 e. The molecular weight excluding hydrogens is 260 g/mol. The molecule has 2 aromatic carbocycles. The topological polar surface area (TPSA) is 63.4 Å². The second-order valence-electron chi connectivity index (χ2n) is 4.36. The van der Waals surface area contributed by atoms with Crippen LogP contribution in [0.15, 0.2) is 52.3 Å². The number of nitrogen functional groups attached to an aromatic ring is 1. The molecule has 0 bridgehead atoms. The average Bonchev–Trinajstić information content (AvgIpc) is 2.51. The van der Waals surface area contributed by atoms with Crippen molar-refractivity contribution in [2.45, 2.75) is 9.79 Å². The van der Waals surface area contributed by atoms with E-state index in [-0.39, 0.29) is 5.91 Å². The highest BCUT2D eigenvalue weighted by molar-refractivity contribution is 7.85. The summed E-state index contributed by atoms with van der Waals surface area (Å²) >= 11 is 0. The summed E-state index contributed by atoms with van der Waals surface area (Å²) in [7, 11) is 0.291. The van der Waals surface area contributed by atoms with E-state index in [1.54, 1.807) is 49.5 Å². The van der Waals surface area contributed by atoms with Crippen LogP contribution < -0.4 is 10.6 Å². The van der Waals surface area contributed by atoms with Crippen LogP contribution in [0.4, 0.5) is 11.4 Å². The summed E-state index contributed by atoms with van der Waals surface area (Å²) in [4.78, 5) is 15.1. The Hall–Kier alpha value is -2.14. The van der Waals surface area contributed by atoms with Gasteiger partial charge in [-0.25, -0.2) is 4.21 Å². The fourth-order valence-corrected chi connectivity index (χ4v) is 3.54. The number of benzene rings is 2. The van der Waals surface area contributed by atoms with E-state index >= 15 is 0 Å². The van der Waals surface area contributed by atoms with Crippen LogP contribution >= 0.6 is 0 Å². The lowest BCUT2D eigenvalue weighted by Gasteiger charge is -2.17. The zero-order valence-electron chi connectivity index (χ0n) is 10.3. The molecule has 0 fully saturated rings. The van der Waals surface area contributed by atoms with Gasteiger partial charge in [0, 0.05) is 12.7 Å². The fraction of sp³-hybridized carbons (Fsp3) is 0.0714. The Morgan fingerprint density at radius 2 is 1.84 bits per heavy atom. The van der Waals surface area contributed by atoms with Crippen molar-refractivity contribution >= 4 is 28.1 Å². The van der Waals surface area contributed by atoms with Gasteiger partial charge in [0.1, 0.15) is 0 Å². The maximum absolute atomic E-state index is 12.6. The van der Waals surface area contributed by atoms with Crippen LogP contribution in [0.5, 0.6) is 0 Å². The Bertz CT molecular complexity index is 712. The van der Waals surface area contributed by atoms with Gasteiger partial charge in [-0.1, -0.05) is 12.1 Å². The first kappa shape index (κ1) is 11.9. The molecule has 2 aromatic rings. The molecule has 1 amide bonds. The summed E-state index contributed by atoms with van der Waals surface area (Å²) < 4.78 is 12.6. The second-order valence-corrected chi connectivity index (χ2v) is 5.77. The third kappa shape index (κ3) is 1.74. The minimum atomic E-state index is -1.38. The number of anilines is 2. The van der Waals surface area contributed by atoms with E-state index in [9.17, 15) is 9.00 Å². The van der Waals surface area contributed by atoms with Crippen molar-refractivity contribution in [2.24, 2.45) is 0 Å². The van der Waals surface area contributed by atoms with Crippen molar-refractivity contribution in [3.8, 4) is 0 Å². The van der Waals surface area contributed by atoms with Crippen molar-refractivity contribution in [1.82, 2.24) is 0 Å². The van der Waals surface area contributed by atoms with Gasteiger partial charge < -0.3 is 10.6 Å². The van der Waals surface area contributed by atoms with Crippen LogP contribution in [0, 0.1) is 0 Å². The summed E-state index contributed by atoms with van der Waals surface area (Å²) in [6.07, 6.45) is 0. The van der Waals surface area contributed by atoms with Crippen LogP contribution in [0.3, 0.4) is 0 Å². The molecule has 19 heavy (non-hydrogen) atoms. The van der Waals surface area contributed by atoms with Crippen molar-refractivity contribution in [2.75, 3.05) is 17.7 Å². The monoisotopic (exact) mass is 272 g/mol. The predicted octanol–water partition coefficient (Wildman–Crippen LogP) is 2.03. The Morgan fingerprint density at radius 1 is 1.11 bits per heavy atom. The third-order valence-electron chi connectivity index (χ3n) is 3.17. The first-order chi connectivity index (χ1) is 9.09. The number of nitrogens with two attached hydrogens (primary N) is 1. The largest absolute Gasteiger partial charge is 0.399 e. The molecule has 1 aliphatic rings. The van der Waals surface area contributed by atoms with Crippen molar-refractivity contribution in [3.05, 3.63) is 48.0 Å². The molecule has 1 heterocycles. The molecule has 4 nitrogen and oxygen atoms in total. The fourth-order valence-electron chi connectivity index (χ4n) is 2.17. The van der Waals surface area contributed by atoms with Crippen LogP contribution in [0.25, 0.3) is 0 Å². The lowest BCUT2D eigenvalue weighted by molar-refractivity contribution is 0.0990. The molecule has 0 spiro atoms. The number of amides is 1. The quantitative estimate of drug-likeness (QED) is 0.746. The summed E-state index contributed by atoms with van der Waals surface area (Å²) in [6.45, 7) is 0. The molecule has 0 aromatic heterocycles. The molecule has 3 rings (SSSR count). The number of hydrogen-bond acceptors (Lipinski definition) is 3. The van der Waals surface area contributed by atoms with Crippen molar-refractivity contribution < 1.29 is 9.00 Å². The number of rotatable bonds is 0. The number of nitrogens with zero attached hydrogens (tertiary/aromatic N) is 1. The molecule has 96 valence electrons. The van der Waals surface area contributed by atoms with Gasteiger partial charge in [-0.05, 0) is 30.3 Å². The second kappa shape index (κ2) is 4.20. The van der Waals surface area contributed by atoms with Crippen LogP contribution in [0.2, 0.25) is 0 Å². The van der Waals surface area contributed by atoms with E-state index in [4.69, 9.17) is 5.73 Å². The highest BCUT2D eigenvalue weighted by atomic mass is 32.2. The molecule has 2 N–H and O–H groups in total. The summed E-state index contributed by atoms with van der Waals surface area (Å²) in [6, 6.07) is 12.1. The Kier molecular flexibility index (Phi) is 2.64. The molecule has 1 aliphatic heterocycles. The van der Waals surface area contributed by atoms with Gasteiger partial charge in [0.15, 0.2) is 0 Å². The molecule has 5 heteroatoms. The van der Waals surface area contributed by atoms with Crippen LogP contribution in [-0.2, 0) is 10.8 Å². The van der Waals surface area contributed by atoms with E-state index in [1.807, 2.05) is 0 Å². The van der Waals surface area contributed by atoms with Gasteiger partial charge in [0.25, 0.3) is 5.91 Å². The van der Waals surface area contributed by atoms with Gasteiger partial charge in [-0.2, -0.15) is 0 Å². The summed E-state index contributed by atoms with van der Waals surface area (Å²) in [5, 5.41) is 0. The summed E-state index contributed by atoms with van der Waals surface area (Å²) in [5.41, 5.74) is 7.36. The van der Waals surface area contributed by atoms with E-state index in [2.05, 4.69) is 0 Å². The molecule has 0 saturated heterocycles. The molecule has 1 unspecified atom stereocenters. The van der Waals surface area contributed by atoms with E-state index in [0.717, 1.165) is 0 Å². The Balaban J connectivity index is 2.34. The Morgan fingerprint density at radius 3 is 2.63 bits per heavy atom. The van der Waals surface area contributed by atoms with Crippen molar-refractivity contribution in [3.63, 3.8) is 0 Å². The number of hydrogen-bond donors (Lipinski definition) is 1. The molecule has 0 aliphatic carbocycles. The van der Waals surface area contributed by atoms with Gasteiger partial charge in [-0.3, -0.25) is 4.79 Å². The average molecular weight is 272 g/mol. The number of carbonyl (C=O) groups excluding carboxylic acids is 1. The molecular formula is C14H12N2O2S. The summed E-state index contributed by atoms with van der Waals surface area (Å²) in [5.74, 6) is -0.173. The zero-order chi connectivity index (χ0) is 13.6. The SMILES string of the molecule is CN1C(=O)c2ccccc2S(=O)c2ccc(N)cc21.